The summed E-state index contributed by atoms with van der Waals surface area (Å²) in [6.07, 6.45) is 2.03. The molecule has 0 saturated carbocycles. The molecule has 0 aliphatic rings. The van der Waals surface area contributed by atoms with Gasteiger partial charge in [-0.25, -0.2) is 15.8 Å². The quantitative estimate of drug-likeness (QED) is 0.617. The van der Waals surface area contributed by atoms with Gasteiger partial charge in [-0.1, -0.05) is 0 Å². The van der Waals surface area contributed by atoms with Crippen molar-refractivity contribution in [2.24, 2.45) is 5.84 Å². The normalized spacial score (nSPS) is 10.7. The topological polar surface area (TPSA) is 63.8 Å². The molecule has 0 amide bonds. The monoisotopic (exact) mass is 226 g/mol. The number of thioether (sulfide) groups is 1. The van der Waals surface area contributed by atoms with E-state index >= 15 is 0 Å². The summed E-state index contributed by atoms with van der Waals surface area (Å²) in [6.45, 7) is 0. The molecule has 0 saturated heterocycles. The van der Waals surface area contributed by atoms with Gasteiger partial charge in [-0.2, -0.15) is 11.8 Å². The van der Waals surface area contributed by atoms with Crippen molar-refractivity contribution in [2.45, 2.75) is 5.75 Å². The van der Waals surface area contributed by atoms with Gasteiger partial charge in [-0.3, -0.25) is 0 Å². The van der Waals surface area contributed by atoms with Crippen LogP contribution in [-0.4, -0.2) is 16.2 Å². The summed E-state index contributed by atoms with van der Waals surface area (Å²) in [5.41, 5.74) is 2.60. The average Bonchev–Trinajstić information content (AvgIpc) is 2.65. The molecule has 0 radical (unpaired) electrons. The van der Waals surface area contributed by atoms with Crippen LogP contribution in [0.5, 0.6) is 0 Å². The van der Waals surface area contributed by atoms with Gasteiger partial charge in [0.05, 0.1) is 11.1 Å². The first-order valence-corrected chi connectivity index (χ1v) is 6.32. The Hall–Kier alpha value is -0.850. The van der Waals surface area contributed by atoms with Crippen LogP contribution in [0.1, 0.15) is 5.82 Å². The van der Waals surface area contributed by atoms with Crippen molar-refractivity contribution in [1.82, 2.24) is 9.97 Å². The first-order valence-electron chi connectivity index (χ1n) is 4.05. The van der Waals surface area contributed by atoms with Crippen LogP contribution in [0.15, 0.2) is 11.4 Å². The van der Waals surface area contributed by atoms with E-state index in [4.69, 9.17) is 5.84 Å². The van der Waals surface area contributed by atoms with E-state index in [1.165, 1.54) is 0 Å². The molecule has 0 unspecified atom stereocenters. The summed E-state index contributed by atoms with van der Waals surface area (Å²) in [7, 11) is 0. The third kappa shape index (κ3) is 1.68. The summed E-state index contributed by atoms with van der Waals surface area (Å²) in [6, 6.07) is 1.97. The highest BCUT2D eigenvalue weighted by Gasteiger charge is 2.06. The van der Waals surface area contributed by atoms with Crippen LogP contribution < -0.4 is 11.3 Å². The van der Waals surface area contributed by atoms with E-state index in [0.29, 0.717) is 5.82 Å². The standard InChI is InChI=1S/C8H10N4S2/c1-13-4-6-10-7(12-9)5-2-3-14-8(5)11-6/h2-3H,4,9H2,1H3,(H,10,11,12). The number of fused-ring (bicyclic) bond motifs is 1. The highest BCUT2D eigenvalue weighted by Crippen LogP contribution is 2.25. The Morgan fingerprint density at radius 2 is 2.43 bits per heavy atom. The van der Waals surface area contributed by atoms with E-state index in [0.717, 1.165) is 21.8 Å². The van der Waals surface area contributed by atoms with Gasteiger partial charge in [-0.15, -0.1) is 11.3 Å². The van der Waals surface area contributed by atoms with Crippen LogP contribution in [0.25, 0.3) is 10.2 Å². The van der Waals surface area contributed by atoms with Gasteiger partial charge in [0, 0.05) is 0 Å². The minimum atomic E-state index is 0.709. The van der Waals surface area contributed by atoms with Gasteiger partial charge < -0.3 is 5.43 Å². The predicted octanol–water partition coefficient (Wildman–Crippen LogP) is 1.84. The molecule has 0 atom stereocenters. The van der Waals surface area contributed by atoms with E-state index < -0.39 is 0 Å². The number of aromatic nitrogens is 2. The number of nitrogens with zero attached hydrogens (tertiary/aromatic N) is 2. The second-order valence-corrected chi connectivity index (χ2v) is 4.47. The van der Waals surface area contributed by atoms with Crippen LogP contribution in [0.4, 0.5) is 5.82 Å². The highest BCUT2D eigenvalue weighted by atomic mass is 32.2. The average molecular weight is 226 g/mol. The van der Waals surface area contributed by atoms with Crippen molar-refractivity contribution in [1.29, 1.82) is 0 Å². The van der Waals surface area contributed by atoms with E-state index in [1.54, 1.807) is 23.1 Å². The highest BCUT2D eigenvalue weighted by molar-refractivity contribution is 7.97. The molecule has 0 aliphatic carbocycles. The van der Waals surface area contributed by atoms with E-state index in [2.05, 4.69) is 15.4 Å². The lowest BCUT2D eigenvalue weighted by Crippen LogP contribution is -2.10. The van der Waals surface area contributed by atoms with Gasteiger partial charge in [0.25, 0.3) is 0 Å². The largest absolute Gasteiger partial charge is 0.308 e. The molecule has 0 bridgehead atoms. The smallest absolute Gasteiger partial charge is 0.152 e. The van der Waals surface area contributed by atoms with Gasteiger partial charge in [0.2, 0.25) is 0 Å². The minimum absolute atomic E-state index is 0.709. The first-order chi connectivity index (χ1) is 6.85. The maximum atomic E-state index is 5.40. The number of hydrogen-bond donors (Lipinski definition) is 2. The Morgan fingerprint density at radius 3 is 3.14 bits per heavy atom. The third-order valence-corrected chi connectivity index (χ3v) is 3.14. The molecule has 0 fully saturated rings. The zero-order valence-corrected chi connectivity index (χ0v) is 9.28. The summed E-state index contributed by atoms with van der Waals surface area (Å²) in [5.74, 6) is 7.73. The SMILES string of the molecule is CSCc1nc(NN)c2ccsc2n1. The Morgan fingerprint density at radius 1 is 1.57 bits per heavy atom. The first kappa shape index (κ1) is 9.70. The molecule has 2 aromatic rings. The summed E-state index contributed by atoms with van der Waals surface area (Å²) in [5, 5.41) is 2.98. The Bertz CT molecular complexity index is 440. The molecule has 4 nitrogen and oxygen atoms in total. The lowest BCUT2D eigenvalue weighted by Gasteiger charge is -2.03. The Balaban J connectivity index is 2.55. The van der Waals surface area contributed by atoms with Gasteiger partial charge in [-0.05, 0) is 17.7 Å². The van der Waals surface area contributed by atoms with E-state index in [9.17, 15) is 0 Å². The van der Waals surface area contributed by atoms with Crippen LogP contribution in [0.3, 0.4) is 0 Å². The number of hydrogen-bond acceptors (Lipinski definition) is 6. The lowest BCUT2D eigenvalue weighted by atomic mass is 10.4. The number of anilines is 1. The number of nitrogen functional groups attached to an aromatic ring is 1. The van der Waals surface area contributed by atoms with Gasteiger partial charge >= 0.3 is 0 Å². The zero-order valence-electron chi connectivity index (χ0n) is 7.65. The molecule has 14 heavy (non-hydrogen) atoms. The Labute approximate surface area is 89.9 Å². The molecule has 0 aromatic carbocycles. The lowest BCUT2D eigenvalue weighted by molar-refractivity contribution is 1.07. The number of thiophene rings is 1. The third-order valence-electron chi connectivity index (χ3n) is 1.78. The molecule has 2 rings (SSSR count). The molecular weight excluding hydrogens is 216 g/mol. The predicted molar refractivity (Wildman–Crippen MR) is 62.4 cm³/mol. The minimum Gasteiger partial charge on any atom is -0.308 e. The molecule has 2 aromatic heterocycles. The summed E-state index contributed by atoms with van der Waals surface area (Å²) < 4.78 is 0. The van der Waals surface area contributed by atoms with Crippen molar-refractivity contribution in [2.75, 3.05) is 11.7 Å². The van der Waals surface area contributed by atoms with Crippen LogP contribution in [0.2, 0.25) is 0 Å². The van der Waals surface area contributed by atoms with Crippen LogP contribution in [0, 0.1) is 0 Å². The Kier molecular flexibility index (Phi) is 2.85. The number of nitrogens with two attached hydrogens (primary N) is 1. The van der Waals surface area contributed by atoms with Crippen molar-refractivity contribution < 1.29 is 0 Å². The molecular formula is C8H10N4S2. The summed E-state index contributed by atoms with van der Waals surface area (Å²) in [4.78, 5) is 9.73. The van der Waals surface area contributed by atoms with E-state index in [1.807, 2.05) is 17.7 Å². The van der Waals surface area contributed by atoms with Crippen molar-refractivity contribution >= 4 is 39.1 Å². The van der Waals surface area contributed by atoms with Gasteiger partial charge in [0.15, 0.2) is 5.82 Å². The van der Waals surface area contributed by atoms with Gasteiger partial charge in [0.1, 0.15) is 10.7 Å². The van der Waals surface area contributed by atoms with Crippen LogP contribution in [-0.2, 0) is 5.75 Å². The molecule has 2 heterocycles. The fraction of sp³-hybridized carbons (Fsp3) is 0.250. The zero-order chi connectivity index (χ0) is 9.97. The van der Waals surface area contributed by atoms with Crippen molar-refractivity contribution in [3.8, 4) is 0 Å². The molecule has 6 heteroatoms. The summed E-state index contributed by atoms with van der Waals surface area (Å²) >= 11 is 3.30. The molecule has 3 N–H and O–H groups in total. The van der Waals surface area contributed by atoms with E-state index in [-0.39, 0.29) is 0 Å². The number of rotatable bonds is 3. The van der Waals surface area contributed by atoms with Crippen molar-refractivity contribution in [3.05, 3.63) is 17.3 Å². The fourth-order valence-electron chi connectivity index (χ4n) is 1.20. The molecule has 0 aliphatic heterocycles. The van der Waals surface area contributed by atoms with Crippen LogP contribution >= 0.6 is 23.1 Å². The maximum absolute atomic E-state index is 5.40. The van der Waals surface area contributed by atoms with Crippen molar-refractivity contribution in [3.63, 3.8) is 0 Å². The maximum Gasteiger partial charge on any atom is 0.152 e. The second kappa shape index (κ2) is 4.12. The number of nitrogens with one attached hydrogen (secondary N) is 1. The molecule has 0 spiro atoms. The molecule has 74 valence electrons. The fourth-order valence-corrected chi connectivity index (χ4v) is 2.37. The number of hydrazine groups is 1. The second-order valence-electron chi connectivity index (χ2n) is 2.71.